The van der Waals surface area contributed by atoms with Crippen molar-refractivity contribution in [3.05, 3.63) is 40.3 Å². The molecule has 174 valence electrons. The first-order chi connectivity index (χ1) is 15.3. The highest BCUT2D eigenvalue weighted by Gasteiger charge is 2.11. The monoisotopic (exact) mass is 441 g/mol. The van der Waals surface area contributed by atoms with E-state index in [0.29, 0.717) is 90.5 Å². The molecule has 0 aromatic heterocycles. The number of hydrogen-bond acceptors (Lipinski definition) is 9. The number of rotatable bonds is 20. The Morgan fingerprint density at radius 1 is 0.806 bits per heavy atom. The van der Waals surface area contributed by atoms with Gasteiger partial charge in [-0.2, -0.15) is 0 Å². The lowest BCUT2D eigenvalue weighted by Gasteiger charge is -2.10. The Hall–Kier alpha value is -2.40. The molecular formula is C20H31N3O8. The van der Waals surface area contributed by atoms with Gasteiger partial charge in [0.1, 0.15) is 17.9 Å². The van der Waals surface area contributed by atoms with Crippen molar-refractivity contribution >= 4 is 5.97 Å². The molecule has 0 fully saturated rings. The van der Waals surface area contributed by atoms with Gasteiger partial charge in [0.05, 0.1) is 73.2 Å². The Labute approximate surface area is 182 Å². The van der Waals surface area contributed by atoms with E-state index in [-0.39, 0.29) is 0 Å². The Morgan fingerprint density at radius 3 is 1.81 bits per heavy atom. The molecule has 0 atom stereocenters. The number of carbonyl (C=O) groups excluding carboxylic acids is 1. The van der Waals surface area contributed by atoms with E-state index in [1.807, 2.05) is 0 Å². The maximum absolute atomic E-state index is 11.7. The minimum atomic E-state index is -0.438. The Morgan fingerprint density at radius 2 is 1.29 bits per heavy atom. The van der Waals surface area contributed by atoms with Gasteiger partial charge in [0.15, 0.2) is 0 Å². The number of carbonyl (C=O) groups is 1. The first-order valence-corrected chi connectivity index (χ1v) is 9.99. The van der Waals surface area contributed by atoms with Gasteiger partial charge in [0.2, 0.25) is 0 Å². The topological polar surface area (TPSA) is 130 Å². The number of hydrogen-bond donors (Lipinski definition) is 0. The van der Waals surface area contributed by atoms with Gasteiger partial charge in [-0.1, -0.05) is 17.2 Å². The van der Waals surface area contributed by atoms with Crippen LogP contribution in [0.2, 0.25) is 0 Å². The number of methoxy groups -OCH3 is 1. The average Bonchev–Trinajstić information content (AvgIpc) is 2.80. The van der Waals surface area contributed by atoms with Crippen LogP contribution in [0.4, 0.5) is 0 Å². The number of para-hydroxylation sites is 1. The minimum Gasteiger partial charge on any atom is -0.490 e. The first-order valence-electron chi connectivity index (χ1n) is 9.99. The van der Waals surface area contributed by atoms with Gasteiger partial charge in [0, 0.05) is 11.5 Å². The average molecular weight is 441 g/mol. The number of benzene rings is 1. The van der Waals surface area contributed by atoms with E-state index < -0.39 is 5.97 Å². The van der Waals surface area contributed by atoms with E-state index in [0.717, 1.165) is 0 Å². The van der Waals surface area contributed by atoms with E-state index in [9.17, 15) is 4.79 Å². The van der Waals surface area contributed by atoms with E-state index in [1.165, 1.54) is 7.11 Å². The molecular weight excluding hydrogens is 410 g/mol. The number of nitrogens with zero attached hydrogens (tertiary/aromatic N) is 3. The van der Waals surface area contributed by atoms with Gasteiger partial charge in [-0.05, 0) is 17.7 Å². The summed E-state index contributed by atoms with van der Waals surface area (Å²) in [5, 5.41) is 3.36. The van der Waals surface area contributed by atoms with E-state index >= 15 is 0 Å². The fourth-order valence-electron chi connectivity index (χ4n) is 2.21. The third kappa shape index (κ3) is 14.3. The lowest BCUT2D eigenvalue weighted by molar-refractivity contribution is -0.0122. The van der Waals surface area contributed by atoms with Gasteiger partial charge in [-0.25, -0.2) is 4.79 Å². The summed E-state index contributed by atoms with van der Waals surface area (Å²) in [7, 11) is 1.33. The molecule has 0 amide bonds. The fraction of sp³-hybridized carbons (Fsp3) is 0.650. The Balaban J connectivity index is 1.84. The van der Waals surface area contributed by atoms with Crippen molar-refractivity contribution in [3.63, 3.8) is 0 Å². The highest BCUT2D eigenvalue weighted by atomic mass is 16.6. The van der Waals surface area contributed by atoms with Gasteiger partial charge >= 0.3 is 5.97 Å². The summed E-state index contributed by atoms with van der Waals surface area (Å²) in [6, 6.07) is 6.89. The number of esters is 1. The summed E-state index contributed by atoms with van der Waals surface area (Å²) in [5.41, 5.74) is 8.48. The second kappa shape index (κ2) is 19.6. The summed E-state index contributed by atoms with van der Waals surface area (Å²) in [6.07, 6.45) is 0. The van der Waals surface area contributed by atoms with Gasteiger partial charge in [-0.3, -0.25) is 0 Å². The molecule has 1 rings (SSSR count). The standard InChI is InChI=1S/C20H31N3O8/c1-25-20(24)18-4-2-3-5-19(18)31-17-16-30-15-14-29-13-12-28-11-10-27-9-8-26-7-6-22-23-21/h2-5H,6-17H2,1H3. The van der Waals surface area contributed by atoms with E-state index in [4.69, 9.17) is 38.7 Å². The Bertz CT molecular complexity index is 641. The molecule has 0 heterocycles. The summed E-state index contributed by atoms with van der Waals surface area (Å²) >= 11 is 0. The fourth-order valence-corrected chi connectivity index (χ4v) is 2.21. The van der Waals surface area contributed by atoms with E-state index in [2.05, 4.69) is 10.0 Å². The first kappa shape index (κ1) is 26.6. The second-order valence-corrected chi connectivity index (χ2v) is 5.85. The maximum Gasteiger partial charge on any atom is 0.341 e. The predicted octanol–water partition coefficient (Wildman–Crippen LogP) is 2.25. The molecule has 0 saturated heterocycles. The molecule has 11 heteroatoms. The second-order valence-electron chi connectivity index (χ2n) is 5.85. The summed E-state index contributed by atoms with van der Waals surface area (Å²) < 4.78 is 37.0. The van der Waals surface area contributed by atoms with Crippen molar-refractivity contribution in [3.8, 4) is 5.75 Å². The van der Waals surface area contributed by atoms with Gasteiger partial charge < -0.3 is 33.2 Å². The molecule has 0 aliphatic rings. The van der Waals surface area contributed by atoms with Crippen LogP contribution < -0.4 is 4.74 Å². The molecule has 0 N–H and O–H groups in total. The molecule has 0 saturated carbocycles. The van der Waals surface area contributed by atoms with Crippen molar-refractivity contribution in [1.82, 2.24) is 0 Å². The van der Waals surface area contributed by atoms with Crippen LogP contribution >= 0.6 is 0 Å². The van der Waals surface area contributed by atoms with Crippen LogP contribution in [0.25, 0.3) is 10.4 Å². The molecule has 0 aliphatic heterocycles. The van der Waals surface area contributed by atoms with Crippen LogP contribution in [0.1, 0.15) is 10.4 Å². The molecule has 1 aromatic carbocycles. The highest BCUT2D eigenvalue weighted by molar-refractivity contribution is 5.92. The number of ether oxygens (including phenoxy) is 7. The third-order valence-electron chi connectivity index (χ3n) is 3.66. The van der Waals surface area contributed by atoms with Crippen molar-refractivity contribution in [2.75, 3.05) is 86.3 Å². The van der Waals surface area contributed by atoms with Crippen LogP contribution in [0, 0.1) is 0 Å². The summed E-state index contributed by atoms with van der Waals surface area (Å²) in [5.74, 6) is 0.0276. The lowest BCUT2D eigenvalue weighted by Crippen LogP contribution is -2.15. The zero-order valence-electron chi connectivity index (χ0n) is 17.9. The highest BCUT2D eigenvalue weighted by Crippen LogP contribution is 2.18. The summed E-state index contributed by atoms with van der Waals surface area (Å²) in [4.78, 5) is 14.3. The van der Waals surface area contributed by atoms with Gasteiger partial charge in [-0.15, -0.1) is 0 Å². The number of azide groups is 1. The van der Waals surface area contributed by atoms with Gasteiger partial charge in [0.25, 0.3) is 0 Å². The van der Waals surface area contributed by atoms with Crippen LogP contribution in [-0.2, 0) is 28.4 Å². The minimum absolute atomic E-state index is 0.315. The maximum atomic E-state index is 11.7. The molecule has 1 aromatic rings. The third-order valence-corrected chi connectivity index (χ3v) is 3.66. The zero-order chi connectivity index (χ0) is 22.4. The van der Waals surface area contributed by atoms with Crippen LogP contribution in [0.3, 0.4) is 0 Å². The van der Waals surface area contributed by atoms with Crippen molar-refractivity contribution in [1.29, 1.82) is 0 Å². The predicted molar refractivity (Wildman–Crippen MR) is 111 cm³/mol. The van der Waals surface area contributed by atoms with Crippen LogP contribution in [0.15, 0.2) is 29.4 Å². The normalized spacial score (nSPS) is 10.5. The van der Waals surface area contributed by atoms with Crippen LogP contribution in [-0.4, -0.2) is 92.3 Å². The lowest BCUT2D eigenvalue weighted by atomic mass is 10.2. The largest absolute Gasteiger partial charge is 0.490 e. The van der Waals surface area contributed by atoms with Crippen molar-refractivity contribution < 1.29 is 38.0 Å². The molecule has 11 nitrogen and oxygen atoms in total. The molecule has 0 unspecified atom stereocenters. The molecule has 31 heavy (non-hydrogen) atoms. The Kier molecular flexibility index (Phi) is 16.8. The SMILES string of the molecule is COC(=O)c1ccccc1OCCOCCOCCOCCOCCOCCN=[N+]=[N-]. The molecule has 0 bridgehead atoms. The smallest absolute Gasteiger partial charge is 0.341 e. The van der Waals surface area contributed by atoms with Crippen molar-refractivity contribution in [2.45, 2.75) is 0 Å². The van der Waals surface area contributed by atoms with Crippen LogP contribution in [0.5, 0.6) is 5.75 Å². The molecule has 0 spiro atoms. The van der Waals surface area contributed by atoms with E-state index in [1.54, 1.807) is 24.3 Å². The van der Waals surface area contributed by atoms with Crippen molar-refractivity contribution in [2.24, 2.45) is 5.11 Å². The molecule has 0 radical (unpaired) electrons. The quantitative estimate of drug-likeness (QED) is 0.0990. The molecule has 0 aliphatic carbocycles. The summed E-state index contributed by atoms with van der Waals surface area (Å²) in [6.45, 7) is 5.09. The zero-order valence-corrected chi connectivity index (χ0v) is 17.9.